The fourth-order valence-corrected chi connectivity index (χ4v) is 4.16. The molecule has 1 aliphatic heterocycles. The van der Waals surface area contributed by atoms with Crippen molar-refractivity contribution in [3.05, 3.63) is 47.9 Å². The highest BCUT2D eigenvalue weighted by molar-refractivity contribution is 5.96. The van der Waals surface area contributed by atoms with Crippen molar-refractivity contribution in [2.75, 3.05) is 44.7 Å². The molecule has 1 aromatic carbocycles. The van der Waals surface area contributed by atoms with Crippen LogP contribution in [0, 0.1) is 6.92 Å². The zero-order valence-corrected chi connectivity index (χ0v) is 18.5. The average Bonchev–Trinajstić information content (AvgIpc) is 3.51. The van der Waals surface area contributed by atoms with Gasteiger partial charge in [-0.3, -0.25) is 14.1 Å². The summed E-state index contributed by atoms with van der Waals surface area (Å²) in [5.74, 6) is 0.806. The lowest BCUT2D eigenvalue weighted by molar-refractivity contribution is 0.0378. The summed E-state index contributed by atoms with van der Waals surface area (Å²) in [6.07, 6.45) is 8.81. The van der Waals surface area contributed by atoms with Crippen LogP contribution in [0.25, 0.3) is 16.9 Å². The van der Waals surface area contributed by atoms with Crippen molar-refractivity contribution >= 4 is 17.4 Å². The smallest absolute Gasteiger partial charge is 0.251 e. The van der Waals surface area contributed by atoms with Gasteiger partial charge in [-0.25, -0.2) is 9.97 Å². The van der Waals surface area contributed by atoms with Crippen LogP contribution < -0.4 is 10.6 Å². The number of fused-ring (bicyclic) bond motifs is 1. The molecule has 0 unspecified atom stereocenters. The van der Waals surface area contributed by atoms with Crippen molar-refractivity contribution in [3.63, 3.8) is 0 Å². The number of nitrogens with one attached hydrogen (secondary N) is 2. The van der Waals surface area contributed by atoms with E-state index in [4.69, 9.17) is 4.74 Å². The van der Waals surface area contributed by atoms with E-state index in [2.05, 4.69) is 36.0 Å². The van der Waals surface area contributed by atoms with Crippen molar-refractivity contribution in [2.45, 2.75) is 32.2 Å². The minimum absolute atomic E-state index is 0.0162. The van der Waals surface area contributed by atoms with Gasteiger partial charge in [0, 0.05) is 49.2 Å². The predicted octanol–water partition coefficient (Wildman–Crippen LogP) is 2.73. The van der Waals surface area contributed by atoms with Crippen LogP contribution >= 0.6 is 0 Å². The molecule has 0 bridgehead atoms. The molecule has 168 valence electrons. The summed E-state index contributed by atoms with van der Waals surface area (Å²) in [7, 11) is 0. The SMILES string of the molecule is Cc1cc(-c2cnc3c(NCCCN4CCOCC4)nccn23)ccc1C(=O)NC1CC1. The van der Waals surface area contributed by atoms with Gasteiger partial charge in [0.05, 0.1) is 25.1 Å². The monoisotopic (exact) mass is 434 g/mol. The highest BCUT2D eigenvalue weighted by Gasteiger charge is 2.24. The first-order valence-electron chi connectivity index (χ1n) is 11.5. The number of rotatable bonds is 8. The maximum atomic E-state index is 12.4. The standard InChI is InChI=1S/C24H30N6O2/c1-17-15-18(3-6-20(17)24(31)28-19-4-5-19)21-16-27-23-22(26-8-10-30(21)23)25-7-2-9-29-11-13-32-14-12-29/h3,6,8,10,15-16,19H,2,4-5,7,9,11-14H2,1H3,(H,25,26)(H,28,31). The number of aryl methyl sites for hydroxylation is 1. The number of anilines is 1. The topological polar surface area (TPSA) is 83.8 Å². The first kappa shape index (κ1) is 20.9. The number of morpholine rings is 1. The Bertz CT molecular complexity index is 1100. The van der Waals surface area contributed by atoms with Gasteiger partial charge in [0.2, 0.25) is 0 Å². The number of imidazole rings is 1. The molecule has 3 aromatic rings. The lowest BCUT2D eigenvalue weighted by Gasteiger charge is -2.26. The molecule has 2 aromatic heterocycles. The van der Waals surface area contributed by atoms with Crippen LogP contribution in [0.2, 0.25) is 0 Å². The van der Waals surface area contributed by atoms with Crippen LogP contribution in [0.5, 0.6) is 0 Å². The van der Waals surface area contributed by atoms with Crippen molar-refractivity contribution in [1.29, 1.82) is 0 Å². The van der Waals surface area contributed by atoms with Gasteiger partial charge < -0.3 is 15.4 Å². The fourth-order valence-electron chi connectivity index (χ4n) is 4.16. The van der Waals surface area contributed by atoms with Crippen LogP contribution in [-0.2, 0) is 4.74 Å². The summed E-state index contributed by atoms with van der Waals surface area (Å²) in [6, 6.07) is 6.32. The molecule has 1 amide bonds. The van der Waals surface area contributed by atoms with Gasteiger partial charge in [0.1, 0.15) is 0 Å². The van der Waals surface area contributed by atoms with Gasteiger partial charge >= 0.3 is 0 Å². The van der Waals surface area contributed by atoms with Crippen LogP contribution in [0.4, 0.5) is 5.82 Å². The highest BCUT2D eigenvalue weighted by Crippen LogP contribution is 2.26. The highest BCUT2D eigenvalue weighted by atomic mass is 16.5. The van der Waals surface area contributed by atoms with Crippen LogP contribution in [0.3, 0.4) is 0 Å². The van der Waals surface area contributed by atoms with E-state index >= 15 is 0 Å². The Labute approximate surface area is 188 Å². The van der Waals surface area contributed by atoms with Crippen LogP contribution in [0.15, 0.2) is 36.8 Å². The normalized spacial score (nSPS) is 16.9. The maximum Gasteiger partial charge on any atom is 0.251 e. The van der Waals surface area contributed by atoms with Gasteiger partial charge in [-0.2, -0.15) is 0 Å². The molecule has 1 aliphatic carbocycles. The molecule has 8 nitrogen and oxygen atoms in total. The molecule has 2 fully saturated rings. The summed E-state index contributed by atoms with van der Waals surface area (Å²) >= 11 is 0. The largest absolute Gasteiger partial charge is 0.379 e. The molecule has 0 spiro atoms. The molecule has 2 aliphatic rings. The van der Waals surface area contributed by atoms with E-state index in [0.717, 1.165) is 92.5 Å². The molecule has 0 atom stereocenters. The minimum atomic E-state index is 0.0162. The van der Waals surface area contributed by atoms with Gasteiger partial charge in [0.15, 0.2) is 11.5 Å². The Morgan fingerprint density at radius 1 is 1.22 bits per heavy atom. The quantitative estimate of drug-likeness (QED) is 0.531. The first-order chi connectivity index (χ1) is 15.7. The first-order valence-corrected chi connectivity index (χ1v) is 11.5. The summed E-state index contributed by atoms with van der Waals surface area (Å²) < 4.78 is 7.46. The Balaban J connectivity index is 1.28. The van der Waals surface area contributed by atoms with Crippen molar-refractivity contribution in [2.24, 2.45) is 0 Å². The predicted molar refractivity (Wildman–Crippen MR) is 124 cm³/mol. The molecule has 32 heavy (non-hydrogen) atoms. The number of aromatic nitrogens is 3. The van der Waals surface area contributed by atoms with E-state index in [-0.39, 0.29) is 5.91 Å². The number of amides is 1. The van der Waals surface area contributed by atoms with Crippen LogP contribution in [-0.4, -0.2) is 70.6 Å². The van der Waals surface area contributed by atoms with Gasteiger partial charge in [-0.15, -0.1) is 0 Å². The van der Waals surface area contributed by atoms with E-state index in [1.807, 2.05) is 31.5 Å². The van der Waals surface area contributed by atoms with Crippen molar-refractivity contribution in [3.8, 4) is 11.3 Å². The van der Waals surface area contributed by atoms with Gasteiger partial charge in [0.25, 0.3) is 5.91 Å². The Hall–Kier alpha value is -2.97. The van der Waals surface area contributed by atoms with Crippen molar-refractivity contribution in [1.82, 2.24) is 24.6 Å². The Morgan fingerprint density at radius 2 is 2.06 bits per heavy atom. The lowest BCUT2D eigenvalue weighted by atomic mass is 10.0. The molecule has 0 radical (unpaired) electrons. The minimum Gasteiger partial charge on any atom is -0.379 e. The molecule has 3 heterocycles. The Kier molecular flexibility index (Phi) is 6.05. The van der Waals surface area contributed by atoms with E-state index in [0.29, 0.717) is 6.04 Å². The molecule has 2 N–H and O–H groups in total. The summed E-state index contributed by atoms with van der Waals surface area (Å²) in [5, 5.41) is 6.51. The molecule has 1 saturated carbocycles. The third-order valence-electron chi connectivity index (χ3n) is 6.15. The third kappa shape index (κ3) is 4.61. The summed E-state index contributed by atoms with van der Waals surface area (Å²) in [6.45, 7) is 7.57. The molecule has 5 rings (SSSR count). The zero-order chi connectivity index (χ0) is 21.9. The second kappa shape index (κ2) is 9.26. The number of carbonyl (C=O) groups excluding carboxylic acids is 1. The number of nitrogens with zero attached hydrogens (tertiary/aromatic N) is 4. The zero-order valence-electron chi connectivity index (χ0n) is 18.5. The second-order valence-electron chi connectivity index (χ2n) is 8.62. The van der Waals surface area contributed by atoms with Crippen LogP contribution in [0.1, 0.15) is 35.2 Å². The number of hydrogen-bond acceptors (Lipinski definition) is 6. The van der Waals surface area contributed by atoms with Crippen molar-refractivity contribution < 1.29 is 9.53 Å². The van der Waals surface area contributed by atoms with E-state index in [1.54, 1.807) is 6.20 Å². The Morgan fingerprint density at radius 3 is 2.84 bits per heavy atom. The average molecular weight is 435 g/mol. The maximum absolute atomic E-state index is 12.4. The molecule has 8 heteroatoms. The third-order valence-corrected chi connectivity index (χ3v) is 6.15. The summed E-state index contributed by atoms with van der Waals surface area (Å²) in [5.41, 5.74) is 4.52. The molecule has 1 saturated heterocycles. The van der Waals surface area contributed by atoms with Gasteiger partial charge in [-0.1, -0.05) is 6.07 Å². The number of carbonyl (C=O) groups is 1. The van der Waals surface area contributed by atoms with E-state index in [9.17, 15) is 4.79 Å². The molecular formula is C24H30N6O2. The number of ether oxygens (including phenoxy) is 1. The lowest BCUT2D eigenvalue weighted by Crippen LogP contribution is -2.37. The summed E-state index contributed by atoms with van der Waals surface area (Å²) in [4.78, 5) is 24.0. The number of benzene rings is 1. The number of hydrogen-bond donors (Lipinski definition) is 2. The van der Waals surface area contributed by atoms with E-state index < -0.39 is 0 Å². The second-order valence-corrected chi connectivity index (χ2v) is 8.62. The van der Waals surface area contributed by atoms with E-state index in [1.165, 1.54) is 0 Å². The van der Waals surface area contributed by atoms with Gasteiger partial charge in [-0.05, 0) is 50.4 Å². The molecular weight excluding hydrogens is 404 g/mol. The fraction of sp³-hybridized carbons (Fsp3) is 0.458.